The normalized spacial score (nSPS) is 10.1. The first-order chi connectivity index (χ1) is 9.13. The Morgan fingerprint density at radius 2 is 1.84 bits per heavy atom. The van der Waals surface area contributed by atoms with E-state index in [0.29, 0.717) is 16.9 Å². The minimum atomic E-state index is -0.426. The second kappa shape index (κ2) is 5.52. The maximum atomic E-state index is 13.5. The van der Waals surface area contributed by atoms with Crippen LogP contribution in [0.3, 0.4) is 0 Å². The first kappa shape index (κ1) is 13.1. The summed E-state index contributed by atoms with van der Waals surface area (Å²) in [6.45, 7) is 0. The van der Waals surface area contributed by atoms with Crippen LogP contribution in [0.5, 0.6) is 5.75 Å². The summed E-state index contributed by atoms with van der Waals surface area (Å²) in [7, 11) is 2.80. The lowest BCUT2D eigenvalue weighted by Crippen LogP contribution is -2.00. The lowest BCUT2D eigenvalue weighted by Gasteiger charge is -2.07. The van der Waals surface area contributed by atoms with Crippen LogP contribution in [-0.4, -0.2) is 20.2 Å². The van der Waals surface area contributed by atoms with E-state index in [2.05, 4.69) is 4.74 Å². The molecule has 0 aliphatic heterocycles. The molecule has 0 unspecified atom stereocenters. The molecule has 0 radical (unpaired) electrons. The Morgan fingerprint density at radius 3 is 2.53 bits per heavy atom. The van der Waals surface area contributed by atoms with Crippen molar-refractivity contribution in [3.8, 4) is 16.9 Å². The predicted octanol–water partition coefficient (Wildman–Crippen LogP) is 3.29. The highest BCUT2D eigenvalue weighted by molar-refractivity contribution is 5.91. The van der Waals surface area contributed by atoms with E-state index >= 15 is 0 Å². The third-order valence-electron chi connectivity index (χ3n) is 2.72. The Kier molecular flexibility index (Phi) is 3.80. The number of ether oxygens (including phenoxy) is 2. The molecule has 19 heavy (non-hydrogen) atoms. The third-order valence-corrected chi connectivity index (χ3v) is 2.72. The Bertz CT molecular complexity index is 608. The number of hydrogen-bond donors (Lipinski definition) is 0. The molecular formula is C15H13FO3. The second-order valence-electron chi connectivity index (χ2n) is 3.95. The van der Waals surface area contributed by atoms with Gasteiger partial charge in [-0.15, -0.1) is 0 Å². The maximum Gasteiger partial charge on any atom is 0.337 e. The molecule has 2 aromatic rings. The number of benzene rings is 2. The summed E-state index contributed by atoms with van der Waals surface area (Å²) >= 11 is 0. The van der Waals surface area contributed by atoms with Gasteiger partial charge in [0, 0.05) is 6.07 Å². The molecule has 0 spiro atoms. The summed E-state index contributed by atoms with van der Waals surface area (Å²) in [5, 5.41) is 0. The predicted molar refractivity (Wildman–Crippen MR) is 69.7 cm³/mol. The number of rotatable bonds is 3. The molecule has 98 valence electrons. The van der Waals surface area contributed by atoms with Gasteiger partial charge in [0.1, 0.15) is 11.6 Å². The van der Waals surface area contributed by atoms with Crippen LogP contribution in [0.4, 0.5) is 4.39 Å². The van der Waals surface area contributed by atoms with E-state index in [1.165, 1.54) is 26.4 Å². The molecule has 0 atom stereocenters. The highest BCUT2D eigenvalue weighted by Crippen LogP contribution is 2.26. The van der Waals surface area contributed by atoms with E-state index in [1.54, 1.807) is 30.3 Å². The van der Waals surface area contributed by atoms with E-state index < -0.39 is 11.8 Å². The summed E-state index contributed by atoms with van der Waals surface area (Å²) in [5.74, 6) is -0.387. The zero-order chi connectivity index (χ0) is 13.8. The lowest BCUT2D eigenvalue weighted by molar-refractivity contribution is 0.0601. The molecule has 0 fully saturated rings. The van der Waals surface area contributed by atoms with Gasteiger partial charge >= 0.3 is 5.97 Å². The average molecular weight is 260 g/mol. The third kappa shape index (κ3) is 2.91. The highest BCUT2D eigenvalue weighted by Gasteiger charge is 2.08. The first-order valence-electron chi connectivity index (χ1n) is 5.67. The van der Waals surface area contributed by atoms with Crippen molar-refractivity contribution in [2.45, 2.75) is 0 Å². The number of carbonyl (C=O) groups excluding carboxylic acids is 1. The molecule has 2 rings (SSSR count). The summed E-state index contributed by atoms with van der Waals surface area (Å²) in [6.07, 6.45) is 0. The van der Waals surface area contributed by atoms with Crippen molar-refractivity contribution in [3.63, 3.8) is 0 Å². The Balaban J connectivity index is 2.47. The van der Waals surface area contributed by atoms with Crippen LogP contribution in [0.1, 0.15) is 10.4 Å². The molecule has 3 nitrogen and oxygen atoms in total. The van der Waals surface area contributed by atoms with Crippen molar-refractivity contribution >= 4 is 5.97 Å². The Hall–Kier alpha value is -2.36. The fraction of sp³-hybridized carbons (Fsp3) is 0.133. The van der Waals surface area contributed by atoms with Crippen molar-refractivity contribution in [2.24, 2.45) is 0 Å². The minimum Gasteiger partial charge on any atom is -0.497 e. The first-order valence-corrected chi connectivity index (χ1v) is 5.67. The van der Waals surface area contributed by atoms with Gasteiger partial charge in [0.2, 0.25) is 0 Å². The Labute approximate surface area is 110 Å². The largest absolute Gasteiger partial charge is 0.497 e. The van der Waals surface area contributed by atoms with Crippen LogP contribution < -0.4 is 4.74 Å². The summed E-state index contributed by atoms with van der Waals surface area (Å²) in [4.78, 5) is 11.5. The standard InChI is InChI=1S/C15H13FO3/c1-18-14-8-12(7-13(16)9-14)10-4-3-5-11(6-10)15(17)19-2/h3-9H,1-2H3. The number of hydrogen-bond acceptors (Lipinski definition) is 3. The van der Waals surface area contributed by atoms with Gasteiger partial charge in [-0.25, -0.2) is 9.18 Å². The van der Waals surface area contributed by atoms with Crippen molar-refractivity contribution in [2.75, 3.05) is 14.2 Å². The van der Waals surface area contributed by atoms with Crippen LogP contribution in [0.25, 0.3) is 11.1 Å². The molecule has 0 heterocycles. The molecule has 0 amide bonds. The maximum absolute atomic E-state index is 13.5. The van der Waals surface area contributed by atoms with E-state index in [-0.39, 0.29) is 0 Å². The Morgan fingerprint density at radius 1 is 1.05 bits per heavy atom. The van der Waals surface area contributed by atoms with Crippen LogP contribution in [0.15, 0.2) is 42.5 Å². The smallest absolute Gasteiger partial charge is 0.337 e. The molecule has 0 saturated carbocycles. The zero-order valence-corrected chi connectivity index (χ0v) is 10.6. The van der Waals surface area contributed by atoms with Crippen molar-refractivity contribution in [3.05, 3.63) is 53.8 Å². The minimum absolute atomic E-state index is 0.391. The molecule has 0 aliphatic rings. The zero-order valence-electron chi connectivity index (χ0n) is 10.6. The van der Waals surface area contributed by atoms with Gasteiger partial charge in [-0.05, 0) is 35.4 Å². The van der Waals surface area contributed by atoms with Gasteiger partial charge < -0.3 is 9.47 Å². The molecular weight excluding hydrogens is 247 g/mol. The summed E-state index contributed by atoms with van der Waals surface area (Å²) < 4.78 is 23.1. The number of carbonyl (C=O) groups is 1. The number of halogens is 1. The van der Waals surface area contributed by atoms with Crippen LogP contribution >= 0.6 is 0 Å². The van der Waals surface area contributed by atoms with Crippen LogP contribution in [-0.2, 0) is 4.74 Å². The SMILES string of the molecule is COC(=O)c1cccc(-c2cc(F)cc(OC)c2)c1. The summed E-state index contributed by atoms with van der Waals surface area (Å²) in [5.41, 5.74) is 1.78. The molecule has 0 N–H and O–H groups in total. The number of methoxy groups -OCH3 is 2. The van der Waals surface area contributed by atoms with E-state index in [9.17, 15) is 9.18 Å². The van der Waals surface area contributed by atoms with Gasteiger partial charge in [0.05, 0.1) is 19.8 Å². The van der Waals surface area contributed by atoms with Gasteiger partial charge in [0.25, 0.3) is 0 Å². The van der Waals surface area contributed by atoms with Crippen molar-refractivity contribution in [1.29, 1.82) is 0 Å². The van der Waals surface area contributed by atoms with E-state index in [1.807, 2.05) is 0 Å². The van der Waals surface area contributed by atoms with Crippen LogP contribution in [0, 0.1) is 5.82 Å². The quantitative estimate of drug-likeness (QED) is 0.794. The van der Waals surface area contributed by atoms with E-state index in [0.717, 1.165) is 5.56 Å². The summed E-state index contributed by atoms with van der Waals surface area (Å²) in [6, 6.07) is 11.2. The van der Waals surface area contributed by atoms with Gasteiger partial charge in [-0.1, -0.05) is 12.1 Å². The topological polar surface area (TPSA) is 35.5 Å². The fourth-order valence-corrected chi connectivity index (χ4v) is 1.79. The van der Waals surface area contributed by atoms with Gasteiger partial charge in [-0.2, -0.15) is 0 Å². The van der Waals surface area contributed by atoms with Crippen molar-refractivity contribution < 1.29 is 18.7 Å². The number of esters is 1. The molecule has 0 aromatic heterocycles. The monoisotopic (exact) mass is 260 g/mol. The second-order valence-corrected chi connectivity index (χ2v) is 3.95. The molecule has 0 bridgehead atoms. The molecule has 0 saturated heterocycles. The van der Waals surface area contributed by atoms with Gasteiger partial charge in [0.15, 0.2) is 0 Å². The van der Waals surface area contributed by atoms with Gasteiger partial charge in [-0.3, -0.25) is 0 Å². The van der Waals surface area contributed by atoms with Crippen LogP contribution in [0.2, 0.25) is 0 Å². The van der Waals surface area contributed by atoms with E-state index in [4.69, 9.17) is 4.74 Å². The van der Waals surface area contributed by atoms with Crippen molar-refractivity contribution in [1.82, 2.24) is 0 Å². The molecule has 0 aliphatic carbocycles. The fourth-order valence-electron chi connectivity index (χ4n) is 1.79. The average Bonchev–Trinajstić information content (AvgIpc) is 2.45. The highest BCUT2D eigenvalue weighted by atomic mass is 19.1. The molecule has 4 heteroatoms. The lowest BCUT2D eigenvalue weighted by atomic mass is 10.0. The molecule has 2 aromatic carbocycles.